The molecule has 0 aromatic rings. The summed E-state index contributed by atoms with van der Waals surface area (Å²) in [5.74, 6) is 0.909. The molecule has 1 rings (SSSR count). The molecule has 1 aliphatic rings. The first kappa shape index (κ1) is 19.2. The molecule has 0 bridgehead atoms. The topological polar surface area (TPSA) is 58.1 Å². The SMILES string of the molecule is CCCN1CCC(NC(=NCCOCCOC)NCC)CC1. The number of nitrogens with one attached hydrogen (secondary N) is 2. The van der Waals surface area contributed by atoms with E-state index < -0.39 is 0 Å². The second-order valence-electron chi connectivity index (χ2n) is 5.63. The van der Waals surface area contributed by atoms with Crippen molar-refractivity contribution in [2.45, 2.75) is 39.2 Å². The zero-order valence-electron chi connectivity index (χ0n) is 14.6. The van der Waals surface area contributed by atoms with Gasteiger partial charge in [-0.05, 0) is 32.7 Å². The van der Waals surface area contributed by atoms with Crippen LogP contribution < -0.4 is 10.6 Å². The number of ether oxygens (including phenoxy) is 2. The van der Waals surface area contributed by atoms with Gasteiger partial charge in [-0.1, -0.05) is 6.92 Å². The zero-order valence-corrected chi connectivity index (χ0v) is 14.6. The fourth-order valence-electron chi connectivity index (χ4n) is 2.60. The van der Waals surface area contributed by atoms with Crippen LogP contribution in [-0.4, -0.2) is 76.6 Å². The molecule has 0 aromatic heterocycles. The van der Waals surface area contributed by atoms with E-state index in [-0.39, 0.29) is 0 Å². The van der Waals surface area contributed by atoms with Gasteiger partial charge < -0.3 is 25.0 Å². The predicted octanol–water partition coefficient (Wildman–Crippen LogP) is 1.08. The Morgan fingerprint density at radius 1 is 1.18 bits per heavy atom. The molecule has 1 saturated heterocycles. The molecule has 0 unspecified atom stereocenters. The molecule has 130 valence electrons. The highest BCUT2D eigenvalue weighted by molar-refractivity contribution is 5.80. The third-order valence-corrected chi connectivity index (χ3v) is 3.75. The number of hydrogen-bond donors (Lipinski definition) is 2. The predicted molar refractivity (Wildman–Crippen MR) is 91.6 cm³/mol. The van der Waals surface area contributed by atoms with Gasteiger partial charge >= 0.3 is 0 Å². The molecule has 22 heavy (non-hydrogen) atoms. The van der Waals surface area contributed by atoms with Crippen LogP contribution in [0.25, 0.3) is 0 Å². The molecule has 1 heterocycles. The standard InChI is InChI=1S/C16H34N4O2/c1-4-9-20-10-6-15(7-11-20)19-16(17-5-2)18-8-12-22-14-13-21-3/h15H,4-14H2,1-3H3,(H2,17,18,19). The first-order valence-corrected chi connectivity index (χ1v) is 8.64. The van der Waals surface area contributed by atoms with Gasteiger partial charge in [-0.15, -0.1) is 0 Å². The second-order valence-corrected chi connectivity index (χ2v) is 5.63. The summed E-state index contributed by atoms with van der Waals surface area (Å²) in [6.45, 7) is 11.4. The monoisotopic (exact) mass is 314 g/mol. The van der Waals surface area contributed by atoms with Crippen molar-refractivity contribution >= 4 is 5.96 Å². The molecule has 0 aromatic carbocycles. The Labute approximate surface area is 135 Å². The van der Waals surface area contributed by atoms with E-state index in [1.54, 1.807) is 7.11 Å². The van der Waals surface area contributed by atoms with Crippen LogP contribution in [0.15, 0.2) is 4.99 Å². The maximum atomic E-state index is 5.44. The van der Waals surface area contributed by atoms with Crippen LogP contribution in [0, 0.1) is 0 Å². The van der Waals surface area contributed by atoms with Crippen molar-refractivity contribution in [3.8, 4) is 0 Å². The minimum absolute atomic E-state index is 0.528. The molecule has 0 aliphatic carbocycles. The number of guanidine groups is 1. The third kappa shape index (κ3) is 8.56. The minimum Gasteiger partial charge on any atom is -0.382 e. The van der Waals surface area contributed by atoms with Gasteiger partial charge in [0.2, 0.25) is 0 Å². The van der Waals surface area contributed by atoms with Crippen molar-refractivity contribution in [3.05, 3.63) is 0 Å². The van der Waals surface area contributed by atoms with Crippen LogP contribution in [0.5, 0.6) is 0 Å². The summed E-state index contributed by atoms with van der Waals surface area (Å²) in [7, 11) is 1.68. The Morgan fingerprint density at radius 2 is 1.95 bits per heavy atom. The molecule has 1 aliphatic heterocycles. The van der Waals surface area contributed by atoms with Gasteiger partial charge in [0.25, 0.3) is 0 Å². The van der Waals surface area contributed by atoms with Crippen molar-refractivity contribution in [1.29, 1.82) is 0 Å². The third-order valence-electron chi connectivity index (χ3n) is 3.75. The van der Waals surface area contributed by atoms with Gasteiger partial charge in [-0.25, -0.2) is 0 Å². The van der Waals surface area contributed by atoms with E-state index in [4.69, 9.17) is 9.47 Å². The van der Waals surface area contributed by atoms with Gasteiger partial charge in [0.05, 0.1) is 26.4 Å². The fraction of sp³-hybridized carbons (Fsp3) is 0.938. The largest absolute Gasteiger partial charge is 0.382 e. The highest BCUT2D eigenvalue weighted by Gasteiger charge is 2.19. The van der Waals surface area contributed by atoms with Crippen LogP contribution in [0.4, 0.5) is 0 Å². The number of likely N-dealkylation sites (tertiary alicyclic amines) is 1. The van der Waals surface area contributed by atoms with E-state index >= 15 is 0 Å². The number of piperidine rings is 1. The van der Waals surface area contributed by atoms with Crippen LogP contribution in [0.3, 0.4) is 0 Å². The maximum Gasteiger partial charge on any atom is 0.191 e. The Hall–Kier alpha value is -0.850. The number of rotatable bonds is 10. The number of methoxy groups -OCH3 is 1. The maximum absolute atomic E-state index is 5.44. The molecule has 2 N–H and O–H groups in total. The highest BCUT2D eigenvalue weighted by atomic mass is 16.5. The smallest absolute Gasteiger partial charge is 0.191 e. The zero-order chi connectivity index (χ0) is 16.0. The van der Waals surface area contributed by atoms with E-state index in [0.29, 0.717) is 32.4 Å². The number of hydrogen-bond acceptors (Lipinski definition) is 4. The van der Waals surface area contributed by atoms with Crippen LogP contribution in [0.1, 0.15) is 33.1 Å². The van der Waals surface area contributed by atoms with Crippen LogP contribution in [0.2, 0.25) is 0 Å². The molecular formula is C16H34N4O2. The summed E-state index contributed by atoms with van der Waals surface area (Å²) in [6, 6.07) is 0.528. The average molecular weight is 314 g/mol. The summed E-state index contributed by atoms with van der Waals surface area (Å²) in [4.78, 5) is 7.12. The summed E-state index contributed by atoms with van der Waals surface area (Å²) in [5.41, 5.74) is 0. The summed E-state index contributed by atoms with van der Waals surface area (Å²) >= 11 is 0. The molecule has 0 atom stereocenters. The Balaban J connectivity index is 2.25. The molecule has 0 radical (unpaired) electrons. The quantitative estimate of drug-likeness (QED) is 0.359. The molecular weight excluding hydrogens is 280 g/mol. The molecule has 0 amide bonds. The Kier molecular flexibility index (Phi) is 11.1. The van der Waals surface area contributed by atoms with E-state index in [0.717, 1.165) is 12.5 Å². The van der Waals surface area contributed by atoms with E-state index in [2.05, 4.69) is 34.4 Å². The van der Waals surface area contributed by atoms with Crippen molar-refractivity contribution < 1.29 is 9.47 Å². The van der Waals surface area contributed by atoms with E-state index in [1.807, 2.05) is 0 Å². The lowest BCUT2D eigenvalue weighted by Gasteiger charge is -2.32. The first-order valence-electron chi connectivity index (χ1n) is 8.64. The highest BCUT2D eigenvalue weighted by Crippen LogP contribution is 2.10. The average Bonchev–Trinajstić information content (AvgIpc) is 2.53. The fourth-order valence-corrected chi connectivity index (χ4v) is 2.60. The Bertz CT molecular complexity index is 292. The van der Waals surface area contributed by atoms with Gasteiger partial charge in [0.1, 0.15) is 0 Å². The number of aliphatic imine (C=N–C) groups is 1. The first-order chi connectivity index (χ1) is 10.8. The molecule has 6 heteroatoms. The lowest BCUT2D eigenvalue weighted by atomic mass is 10.1. The van der Waals surface area contributed by atoms with Gasteiger partial charge in [-0.3, -0.25) is 4.99 Å². The van der Waals surface area contributed by atoms with E-state index in [9.17, 15) is 0 Å². The normalized spacial score (nSPS) is 17.7. The van der Waals surface area contributed by atoms with Gasteiger partial charge in [-0.2, -0.15) is 0 Å². The van der Waals surface area contributed by atoms with Crippen molar-refractivity contribution in [2.24, 2.45) is 4.99 Å². The molecule has 0 saturated carbocycles. The summed E-state index contributed by atoms with van der Waals surface area (Å²) in [6.07, 6.45) is 3.62. The Morgan fingerprint density at radius 3 is 2.59 bits per heavy atom. The lowest BCUT2D eigenvalue weighted by Crippen LogP contribution is -2.48. The van der Waals surface area contributed by atoms with Crippen molar-refractivity contribution in [2.75, 3.05) is 59.7 Å². The van der Waals surface area contributed by atoms with Crippen LogP contribution >= 0.6 is 0 Å². The van der Waals surface area contributed by atoms with E-state index in [1.165, 1.54) is 38.9 Å². The minimum atomic E-state index is 0.528. The molecule has 6 nitrogen and oxygen atoms in total. The number of nitrogens with zero attached hydrogens (tertiary/aromatic N) is 2. The second kappa shape index (κ2) is 12.7. The summed E-state index contributed by atoms with van der Waals surface area (Å²) < 4.78 is 10.4. The van der Waals surface area contributed by atoms with Gasteiger partial charge in [0.15, 0.2) is 5.96 Å². The van der Waals surface area contributed by atoms with Crippen molar-refractivity contribution in [3.63, 3.8) is 0 Å². The van der Waals surface area contributed by atoms with Crippen LogP contribution in [-0.2, 0) is 9.47 Å². The van der Waals surface area contributed by atoms with Gasteiger partial charge in [0, 0.05) is 32.8 Å². The van der Waals surface area contributed by atoms with Crippen molar-refractivity contribution in [1.82, 2.24) is 15.5 Å². The summed E-state index contributed by atoms with van der Waals surface area (Å²) in [5, 5.41) is 6.87. The molecule has 0 spiro atoms. The molecule has 1 fully saturated rings. The lowest BCUT2D eigenvalue weighted by molar-refractivity contribution is 0.0748.